The summed E-state index contributed by atoms with van der Waals surface area (Å²) in [6, 6.07) is 4.51. The first kappa shape index (κ1) is 17.7. The lowest BCUT2D eigenvalue weighted by Gasteiger charge is -2.13. The van der Waals surface area contributed by atoms with Gasteiger partial charge in [0, 0.05) is 12.4 Å². The van der Waals surface area contributed by atoms with Gasteiger partial charge in [0.1, 0.15) is 16.7 Å². The van der Waals surface area contributed by atoms with Gasteiger partial charge < -0.3 is 15.1 Å². The number of hydrogen-bond donors (Lipinski definition) is 2. The van der Waals surface area contributed by atoms with Crippen molar-refractivity contribution >= 4 is 23.2 Å². The molecule has 0 radical (unpaired) electrons. The Kier molecular flexibility index (Phi) is 5.37. The van der Waals surface area contributed by atoms with Crippen molar-refractivity contribution in [2.24, 2.45) is 0 Å². The Morgan fingerprint density at radius 2 is 2.04 bits per heavy atom. The summed E-state index contributed by atoms with van der Waals surface area (Å²) in [6.07, 6.45) is 4.77. The zero-order valence-corrected chi connectivity index (χ0v) is 15.0. The predicted octanol–water partition coefficient (Wildman–Crippen LogP) is 1.94. The number of hydrogen-bond acceptors (Lipinski definition) is 7. The van der Waals surface area contributed by atoms with Crippen molar-refractivity contribution in [3.8, 4) is 10.8 Å². The molecule has 0 aliphatic rings. The van der Waals surface area contributed by atoms with Crippen molar-refractivity contribution in [2.45, 2.75) is 26.4 Å². The highest BCUT2D eigenvalue weighted by Crippen LogP contribution is 2.25. The molecule has 3 heterocycles. The molecule has 8 nitrogen and oxygen atoms in total. The van der Waals surface area contributed by atoms with E-state index in [4.69, 9.17) is 4.42 Å². The van der Waals surface area contributed by atoms with Gasteiger partial charge in [-0.3, -0.25) is 9.59 Å². The van der Waals surface area contributed by atoms with Crippen molar-refractivity contribution in [2.75, 3.05) is 0 Å². The third-order valence-corrected chi connectivity index (χ3v) is 4.67. The summed E-state index contributed by atoms with van der Waals surface area (Å²) < 4.78 is 5.15. The number of aromatic nitrogens is 3. The summed E-state index contributed by atoms with van der Waals surface area (Å²) in [4.78, 5) is 37.6. The number of nitrogens with one attached hydrogen (secondary N) is 2. The SMILES string of the molecule is Cc1nc(-c2ncccn2)sc1C(=O)NC(C)C(=O)NCc1ccco1. The van der Waals surface area contributed by atoms with E-state index in [0.717, 1.165) is 0 Å². The van der Waals surface area contributed by atoms with Crippen molar-refractivity contribution < 1.29 is 14.0 Å². The van der Waals surface area contributed by atoms with Crippen LogP contribution in [0.5, 0.6) is 0 Å². The minimum Gasteiger partial charge on any atom is -0.467 e. The van der Waals surface area contributed by atoms with Gasteiger partial charge in [0.05, 0.1) is 18.5 Å². The molecule has 1 atom stereocenters. The normalized spacial score (nSPS) is 11.8. The number of amides is 2. The van der Waals surface area contributed by atoms with Crippen LogP contribution in [-0.2, 0) is 11.3 Å². The molecule has 2 amide bonds. The Balaban J connectivity index is 1.62. The lowest BCUT2D eigenvalue weighted by Crippen LogP contribution is -2.44. The predicted molar refractivity (Wildman–Crippen MR) is 95.4 cm³/mol. The second-order valence-corrected chi connectivity index (χ2v) is 6.50. The molecular formula is C17H17N5O3S. The zero-order chi connectivity index (χ0) is 18.5. The van der Waals surface area contributed by atoms with Gasteiger partial charge in [-0.15, -0.1) is 11.3 Å². The summed E-state index contributed by atoms with van der Waals surface area (Å²) in [5.74, 6) is 0.443. The maximum absolute atomic E-state index is 12.5. The number of thiazole rings is 1. The molecule has 0 aliphatic carbocycles. The fourth-order valence-electron chi connectivity index (χ4n) is 2.18. The van der Waals surface area contributed by atoms with E-state index in [9.17, 15) is 9.59 Å². The average molecular weight is 371 g/mol. The van der Waals surface area contributed by atoms with Crippen LogP contribution in [0.1, 0.15) is 28.0 Å². The molecule has 3 aromatic heterocycles. The van der Waals surface area contributed by atoms with Crippen LogP contribution in [0.15, 0.2) is 41.3 Å². The summed E-state index contributed by atoms with van der Waals surface area (Å²) in [5.41, 5.74) is 0.568. The Morgan fingerprint density at radius 3 is 2.73 bits per heavy atom. The van der Waals surface area contributed by atoms with Crippen LogP contribution in [0, 0.1) is 6.92 Å². The molecular weight excluding hydrogens is 354 g/mol. The Morgan fingerprint density at radius 1 is 1.27 bits per heavy atom. The van der Waals surface area contributed by atoms with Crippen molar-refractivity contribution in [3.05, 3.63) is 53.2 Å². The lowest BCUT2D eigenvalue weighted by atomic mass is 10.3. The molecule has 0 bridgehead atoms. The van der Waals surface area contributed by atoms with Crippen molar-refractivity contribution in [3.63, 3.8) is 0 Å². The smallest absolute Gasteiger partial charge is 0.263 e. The minimum atomic E-state index is -0.699. The molecule has 2 N–H and O–H groups in total. The van der Waals surface area contributed by atoms with Crippen LogP contribution < -0.4 is 10.6 Å². The van der Waals surface area contributed by atoms with Crippen molar-refractivity contribution in [1.29, 1.82) is 0 Å². The second-order valence-electron chi connectivity index (χ2n) is 5.50. The van der Waals surface area contributed by atoms with Crippen LogP contribution in [0.4, 0.5) is 0 Å². The molecule has 26 heavy (non-hydrogen) atoms. The van der Waals surface area contributed by atoms with Gasteiger partial charge in [-0.05, 0) is 32.0 Å². The number of nitrogens with zero attached hydrogens (tertiary/aromatic N) is 3. The Labute approximate surface area is 153 Å². The molecule has 3 rings (SSSR count). The number of carbonyl (C=O) groups excluding carboxylic acids is 2. The van der Waals surface area contributed by atoms with Gasteiger partial charge in [0.25, 0.3) is 5.91 Å². The number of aryl methyl sites for hydroxylation is 1. The topological polar surface area (TPSA) is 110 Å². The second kappa shape index (κ2) is 7.87. The van der Waals surface area contributed by atoms with Crippen molar-refractivity contribution in [1.82, 2.24) is 25.6 Å². The van der Waals surface area contributed by atoms with E-state index in [0.29, 0.717) is 27.2 Å². The van der Waals surface area contributed by atoms with Gasteiger partial charge in [-0.25, -0.2) is 15.0 Å². The number of rotatable bonds is 6. The molecule has 9 heteroatoms. The largest absolute Gasteiger partial charge is 0.467 e. The maximum Gasteiger partial charge on any atom is 0.263 e. The monoisotopic (exact) mass is 371 g/mol. The Bertz CT molecular complexity index is 893. The molecule has 0 saturated carbocycles. The zero-order valence-electron chi connectivity index (χ0n) is 14.2. The van der Waals surface area contributed by atoms with E-state index >= 15 is 0 Å². The summed E-state index contributed by atoms with van der Waals surface area (Å²) >= 11 is 1.19. The number of carbonyl (C=O) groups is 2. The lowest BCUT2D eigenvalue weighted by molar-refractivity contribution is -0.122. The fourth-order valence-corrected chi connectivity index (χ4v) is 3.10. The van der Waals surface area contributed by atoms with Gasteiger partial charge in [0.2, 0.25) is 5.91 Å². The highest BCUT2D eigenvalue weighted by Gasteiger charge is 2.21. The highest BCUT2D eigenvalue weighted by atomic mass is 32.1. The van der Waals surface area contributed by atoms with E-state index in [1.54, 1.807) is 44.4 Å². The van der Waals surface area contributed by atoms with Gasteiger partial charge >= 0.3 is 0 Å². The van der Waals surface area contributed by atoms with Gasteiger partial charge in [-0.1, -0.05) is 0 Å². The van der Waals surface area contributed by atoms with Gasteiger partial charge in [-0.2, -0.15) is 0 Å². The molecule has 1 unspecified atom stereocenters. The third kappa shape index (κ3) is 4.12. The van der Waals surface area contributed by atoms with E-state index in [1.165, 1.54) is 17.6 Å². The molecule has 3 aromatic rings. The maximum atomic E-state index is 12.5. The van der Waals surface area contributed by atoms with E-state index in [1.807, 2.05) is 0 Å². The molecule has 0 aliphatic heterocycles. The number of furan rings is 1. The summed E-state index contributed by atoms with van der Waals surface area (Å²) in [7, 11) is 0. The fraction of sp³-hybridized carbons (Fsp3) is 0.235. The van der Waals surface area contributed by atoms with Crippen LogP contribution in [-0.4, -0.2) is 32.8 Å². The summed E-state index contributed by atoms with van der Waals surface area (Å²) in [5, 5.41) is 5.95. The molecule has 0 aromatic carbocycles. The van der Waals surface area contributed by atoms with Crippen LogP contribution in [0.3, 0.4) is 0 Å². The average Bonchev–Trinajstić information content (AvgIpc) is 3.29. The van der Waals surface area contributed by atoms with Crippen LogP contribution in [0.2, 0.25) is 0 Å². The highest BCUT2D eigenvalue weighted by molar-refractivity contribution is 7.17. The molecule has 0 saturated heterocycles. The first-order valence-electron chi connectivity index (χ1n) is 7.90. The first-order chi connectivity index (χ1) is 12.5. The standard InChI is InChI=1S/C17H17N5O3S/c1-10-13(26-17(22-10)14-18-6-4-7-19-14)16(24)21-11(2)15(23)20-9-12-5-3-8-25-12/h3-8,11H,9H2,1-2H3,(H,20,23)(H,21,24). The van der Waals surface area contributed by atoms with E-state index in [-0.39, 0.29) is 18.4 Å². The molecule has 0 fully saturated rings. The summed E-state index contributed by atoms with van der Waals surface area (Å²) in [6.45, 7) is 3.62. The van der Waals surface area contributed by atoms with Crippen LogP contribution in [0.25, 0.3) is 10.8 Å². The van der Waals surface area contributed by atoms with Crippen LogP contribution >= 0.6 is 11.3 Å². The third-order valence-electron chi connectivity index (χ3n) is 3.52. The molecule has 134 valence electrons. The van der Waals surface area contributed by atoms with Gasteiger partial charge in [0.15, 0.2) is 10.8 Å². The molecule has 0 spiro atoms. The first-order valence-corrected chi connectivity index (χ1v) is 8.72. The van der Waals surface area contributed by atoms with E-state index in [2.05, 4.69) is 25.6 Å². The van der Waals surface area contributed by atoms with E-state index < -0.39 is 6.04 Å². The minimum absolute atomic E-state index is 0.265. The Hall–Kier alpha value is -3.07. The quantitative estimate of drug-likeness (QED) is 0.685.